The maximum atomic E-state index is 9.61. The fourth-order valence-corrected chi connectivity index (χ4v) is 0.549. The fraction of sp³-hybridized carbons (Fsp3) is 1.00. The van der Waals surface area contributed by atoms with E-state index in [0.717, 1.165) is 0 Å². The molecular formula is C2H6O3S2. The molecule has 0 aromatic heterocycles. The highest BCUT2D eigenvalue weighted by Gasteiger charge is 1.86. The lowest BCUT2D eigenvalue weighted by Crippen LogP contribution is -1.97. The minimum absolute atomic E-state index is 0.215. The van der Waals surface area contributed by atoms with Gasteiger partial charge in [-0.3, -0.25) is 8.74 Å². The molecule has 0 aliphatic rings. The van der Waals surface area contributed by atoms with Crippen LogP contribution in [-0.4, -0.2) is 21.1 Å². The SMILES string of the molecule is O=S(O)OCCS. The Morgan fingerprint density at radius 1 is 1.86 bits per heavy atom. The first-order chi connectivity index (χ1) is 3.27. The standard InChI is InChI=1S/C2H6O3S2/c3-7(4)5-1-2-6/h6H,1-2H2,(H,3,4). The molecular weight excluding hydrogens is 136 g/mol. The van der Waals surface area contributed by atoms with Crippen molar-refractivity contribution in [3.63, 3.8) is 0 Å². The Kier molecular flexibility index (Phi) is 4.85. The molecule has 7 heavy (non-hydrogen) atoms. The van der Waals surface area contributed by atoms with E-state index in [1.54, 1.807) is 0 Å². The van der Waals surface area contributed by atoms with Gasteiger partial charge in [-0.05, 0) is 0 Å². The van der Waals surface area contributed by atoms with Crippen LogP contribution in [0.15, 0.2) is 0 Å². The van der Waals surface area contributed by atoms with Gasteiger partial charge in [0.15, 0.2) is 0 Å². The molecule has 0 aliphatic heterocycles. The third kappa shape index (κ3) is 6.42. The number of rotatable bonds is 3. The molecule has 5 heteroatoms. The predicted octanol–water partition coefficient (Wildman–Crippen LogP) is 0.0695. The van der Waals surface area contributed by atoms with Gasteiger partial charge >= 0.3 is 11.4 Å². The summed E-state index contributed by atoms with van der Waals surface area (Å²) in [4.78, 5) is 0. The molecule has 0 aromatic rings. The van der Waals surface area contributed by atoms with Crippen molar-refractivity contribution in [2.45, 2.75) is 0 Å². The molecule has 0 rings (SSSR count). The lowest BCUT2D eigenvalue weighted by molar-refractivity contribution is 0.328. The Morgan fingerprint density at radius 2 is 2.43 bits per heavy atom. The maximum absolute atomic E-state index is 9.61. The van der Waals surface area contributed by atoms with Crippen LogP contribution in [0.2, 0.25) is 0 Å². The zero-order valence-corrected chi connectivity index (χ0v) is 5.24. The van der Waals surface area contributed by atoms with E-state index in [0.29, 0.717) is 5.75 Å². The van der Waals surface area contributed by atoms with E-state index in [9.17, 15) is 4.21 Å². The lowest BCUT2D eigenvalue weighted by atomic mass is 10.9. The second kappa shape index (κ2) is 4.58. The van der Waals surface area contributed by atoms with Crippen LogP contribution in [0.4, 0.5) is 0 Å². The first-order valence-electron chi connectivity index (χ1n) is 1.62. The van der Waals surface area contributed by atoms with Crippen LogP contribution in [0, 0.1) is 0 Å². The van der Waals surface area contributed by atoms with Gasteiger partial charge in [0.1, 0.15) is 0 Å². The average molecular weight is 142 g/mol. The molecule has 1 unspecified atom stereocenters. The van der Waals surface area contributed by atoms with E-state index >= 15 is 0 Å². The van der Waals surface area contributed by atoms with Gasteiger partial charge in [-0.1, -0.05) is 0 Å². The molecule has 0 bridgehead atoms. The topological polar surface area (TPSA) is 46.5 Å². The number of thiol groups is 1. The zero-order valence-electron chi connectivity index (χ0n) is 3.53. The summed E-state index contributed by atoms with van der Waals surface area (Å²) in [6, 6.07) is 0. The van der Waals surface area contributed by atoms with Crippen LogP contribution in [0.25, 0.3) is 0 Å². The summed E-state index contributed by atoms with van der Waals surface area (Å²) in [7, 11) is 0. The summed E-state index contributed by atoms with van der Waals surface area (Å²) >= 11 is 1.61. The molecule has 1 atom stereocenters. The van der Waals surface area contributed by atoms with Crippen LogP contribution in [0.5, 0.6) is 0 Å². The largest absolute Gasteiger partial charge is 0.301 e. The Labute approximate surface area is 50.0 Å². The van der Waals surface area contributed by atoms with Crippen LogP contribution < -0.4 is 0 Å². The smallest absolute Gasteiger partial charge is 0.284 e. The summed E-state index contributed by atoms with van der Waals surface area (Å²) in [5.41, 5.74) is 0. The van der Waals surface area contributed by atoms with Crippen molar-refractivity contribution in [3.05, 3.63) is 0 Å². The Balaban J connectivity index is 2.82. The predicted molar refractivity (Wildman–Crippen MR) is 30.6 cm³/mol. The highest BCUT2D eigenvalue weighted by molar-refractivity contribution is 7.80. The van der Waals surface area contributed by atoms with Gasteiger partial charge in [-0.25, -0.2) is 0 Å². The molecule has 0 heterocycles. The van der Waals surface area contributed by atoms with E-state index in [4.69, 9.17) is 4.55 Å². The minimum atomic E-state index is -2.11. The van der Waals surface area contributed by atoms with Crippen LogP contribution in [0.1, 0.15) is 0 Å². The molecule has 0 fully saturated rings. The van der Waals surface area contributed by atoms with E-state index in [1.807, 2.05) is 0 Å². The molecule has 0 aliphatic carbocycles. The summed E-state index contributed by atoms with van der Waals surface area (Å²) in [5.74, 6) is 0.465. The molecule has 0 saturated carbocycles. The van der Waals surface area contributed by atoms with Gasteiger partial charge in [0.2, 0.25) is 0 Å². The van der Waals surface area contributed by atoms with Crippen LogP contribution in [-0.2, 0) is 15.5 Å². The average Bonchev–Trinajstić information content (AvgIpc) is 1.61. The summed E-state index contributed by atoms with van der Waals surface area (Å²) in [6.45, 7) is 0.215. The third-order valence-corrected chi connectivity index (χ3v) is 0.826. The second-order valence-corrected chi connectivity index (χ2v) is 1.88. The van der Waals surface area contributed by atoms with E-state index in [1.165, 1.54) is 0 Å². The Morgan fingerprint density at radius 3 is 2.57 bits per heavy atom. The quantitative estimate of drug-likeness (QED) is 0.433. The third-order valence-electron chi connectivity index (χ3n) is 0.275. The van der Waals surface area contributed by atoms with Crippen molar-refractivity contribution < 1.29 is 12.9 Å². The first kappa shape index (κ1) is 7.42. The van der Waals surface area contributed by atoms with Gasteiger partial charge in [0, 0.05) is 5.75 Å². The highest BCUT2D eigenvalue weighted by Crippen LogP contribution is 1.79. The van der Waals surface area contributed by atoms with Crippen molar-refractivity contribution in [2.75, 3.05) is 12.4 Å². The van der Waals surface area contributed by atoms with E-state index < -0.39 is 11.4 Å². The molecule has 0 saturated heterocycles. The monoisotopic (exact) mass is 142 g/mol. The van der Waals surface area contributed by atoms with E-state index in [-0.39, 0.29) is 6.61 Å². The minimum Gasteiger partial charge on any atom is -0.284 e. The van der Waals surface area contributed by atoms with Gasteiger partial charge in [-0.2, -0.15) is 16.8 Å². The normalized spacial score (nSPS) is 14.0. The maximum Gasteiger partial charge on any atom is 0.301 e. The second-order valence-electron chi connectivity index (χ2n) is 0.763. The van der Waals surface area contributed by atoms with Crippen molar-refractivity contribution >= 4 is 24.0 Å². The molecule has 3 nitrogen and oxygen atoms in total. The fourth-order valence-electron chi connectivity index (χ4n) is 0.109. The van der Waals surface area contributed by atoms with Gasteiger partial charge in [0.05, 0.1) is 6.61 Å². The summed E-state index contributed by atoms with van der Waals surface area (Å²) in [6.07, 6.45) is 0. The van der Waals surface area contributed by atoms with Gasteiger partial charge < -0.3 is 0 Å². The van der Waals surface area contributed by atoms with Crippen molar-refractivity contribution in [1.29, 1.82) is 0 Å². The van der Waals surface area contributed by atoms with E-state index in [2.05, 4.69) is 16.8 Å². The first-order valence-corrected chi connectivity index (χ1v) is 3.29. The molecule has 0 radical (unpaired) electrons. The van der Waals surface area contributed by atoms with Gasteiger partial charge in [-0.15, -0.1) is 0 Å². The Bertz CT molecular complexity index is 64.0. The summed E-state index contributed by atoms with van der Waals surface area (Å²) in [5, 5.41) is 0. The number of hydrogen-bond donors (Lipinski definition) is 2. The lowest BCUT2D eigenvalue weighted by Gasteiger charge is -1.89. The molecule has 44 valence electrons. The van der Waals surface area contributed by atoms with Crippen molar-refractivity contribution in [3.8, 4) is 0 Å². The molecule has 0 amide bonds. The Hall–Kier alpha value is 0.420. The molecule has 0 aromatic carbocycles. The molecule has 0 spiro atoms. The van der Waals surface area contributed by atoms with Crippen molar-refractivity contribution in [1.82, 2.24) is 0 Å². The van der Waals surface area contributed by atoms with Crippen LogP contribution in [0.3, 0.4) is 0 Å². The van der Waals surface area contributed by atoms with Crippen molar-refractivity contribution in [2.24, 2.45) is 0 Å². The zero-order chi connectivity index (χ0) is 5.70. The van der Waals surface area contributed by atoms with Crippen LogP contribution >= 0.6 is 12.6 Å². The highest BCUT2D eigenvalue weighted by atomic mass is 32.2. The molecule has 1 N–H and O–H groups in total. The number of hydrogen-bond acceptors (Lipinski definition) is 3. The summed E-state index contributed by atoms with van der Waals surface area (Å²) < 4.78 is 21.7. The van der Waals surface area contributed by atoms with Gasteiger partial charge in [0.25, 0.3) is 0 Å².